The summed E-state index contributed by atoms with van der Waals surface area (Å²) in [5.74, 6) is 1.19. The van der Waals surface area contributed by atoms with Gasteiger partial charge in [0.05, 0.1) is 6.04 Å². The molecule has 1 unspecified atom stereocenters. The number of anilines is 1. The van der Waals surface area contributed by atoms with Crippen molar-refractivity contribution in [3.8, 4) is 5.75 Å². The summed E-state index contributed by atoms with van der Waals surface area (Å²) in [6, 6.07) is 5.67. The molecule has 22 heavy (non-hydrogen) atoms. The molecule has 1 aliphatic heterocycles. The van der Waals surface area contributed by atoms with Gasteiger partial charge in [0.2, 0.25) is 5.91 Å². The maximum absolute atomic E-state index is 12.6. The van der Waals surface area contributed by atoms with Crippen LogP contribution >= 0.6 is 0 Å². The van der Waals surface area contributed by atoms with Crippen LogP contribution in [-0.2, 0) is 4.79 Å². The van der Waals surface area contributed by atoms with Gasteiger partial charge >= 0.3 is 0 Å². The third-order valence-corrected chi connectivity index (χ3v) is 4.78. The number of nitrogen functional groups attached to an aromatic ring is 1. The molecule has 4 nitrogen and oxygen atoms in total. The molecular formula is C18H26N2O2. The zero-order valence-corrected chi connectivity index (χ0v) is 13.5. The lowest BCUT2D eigenvalue weighted by atomic mass is 9.86. The fraction of sp³-hybridized carbons (Fsp3) is 0.611. The van der Waals surface area contributed by atoms with E-state index in [-0.39, 0.29) is 23.5 Å². The number of amides is 1. The van der Waals surface area contributed by atoms with E-state index in [4.69, 9.17) is 10.5 Å². The van der Waals surface area contributed by atoms with Crippen molar-refractivity contribution < 1.29 is 9.53 Å². The molecule has 1 aromatic carbocycles. The summed E-state index contributed by atoms with van der Waals surface area (Å²) in [6.07, 6.45) is 6.39. The number of nitrogens with one attached hydrogen (secondary N) is 1. The van der Waals surface area contributed by atoms with Gasteiger partial charge in [-0.15, -0.1) is 0 Å². The van der Waals surface area contributed by atoms with Crippen LogP contribution in [0, 0.1) is 5.92 Å². The average molecular weight is 302 g/mol. The molecule has 1 aromatic rings. The summed E-state index contributed by atoms with van der Waals surface area (Å²) >= 11 is 0. The Morgan fingerprint density at radius 1 is 1.27 bits per heavy atom. The smallest absolute Gasteiger partial charge is 0.223 e. The largest absolute Gasteiger partial charge is 0.487 e. The molecule has 1 aliphatic carbocycles. The number of hydrogen-bond acceptors (Lipinski definition) is 3. The van der Waals surface area contributed by atoms with Gasteiger partial charge in [-0.1, -0.05) is 19.3 Å². The molecule has 0 bridgehead atoms. The van der Waals surface area contributed by atoms with Gasteiger partial charge < -0.3 is 15.8 Å². The van der Waals surface area contributed by atoms with Gasteiger partial charge in [0.25, 0.3) is 0 Å². The molecule has 3 N–H and O–H groups in total. The molecule has 0 aromatic heterocycles. The van der Waals surface area contributed by atoms with Crippen molar-refractivity contribution in [1.82, 2.24) is 5.32 Å². The fourth-order valence-electron chi connectivity index (χ4n) is 3.66. The standard InChI is InChI=1S/C18H26N2O2/c1-18(2)11-15(14-10-13(19)8-9-16(14)22-18)20-17(21)12-6-4-3-5-7-12/h8-10,12,15H,3-7,11,19H2,1-2H3,(H,20,21). The number of ether oxygens (including phenoxy) is 1. The molecular weight excluding hydrogens is 276 g/mol. The first-order valence-corrected chi connectivity index (χ1v) is 8.33. The van der Waals surface area contributed by atoms with Crippen molar-refractivity contribution in [2.24, 2.45) is 5.92 Å². The zero-order chi connectivity index (χ0) is 15.7. The van der Waals surface area contributed by atoms with Crippen molar-refractivity contribution in [1.29, 1.82) is 0 Å². The Labute approximate surface area is 132 Å². The van der Waals surface area contributed by atoms with Crippen LogP contribution in [0.2, 0.25) is 0 Å². The summed E-state index contributed by atoms with van der Waals surface area (Å²) in [5.41, 5.74) is 7.34. The number of benzene rings is 1. The maximum atomic E-state index is 12.6. The van der Waals surface area contributed by atoms with Crippen LogP contribution in [0.25, 0.3) is 0 Å². The zero-order valence-electron chi connectivity index (χ0n) is 13.5. The number of nitrogens with two attached hydrogens (primary N) is 1. The predicted molar refractivity (Wildman–Crippen MR) is 87.6 cm³/mol. The second-order valence-electron chi connectivity index (χ2n) is 7.26. The SMILES string of the molecule is CC1(C)CC(NC(=O)C2CCCCC2)c2cc(N)ccc2O1. The highest BCUT2D eigenvalue weighted by Gasteiger charge is 2.35. The monoisotopic (exact) mass is 302 g/mol. The van der Waals surface area contributed by atoms with Gasteiger partial charge in [0, 0.05) is 23.6 Å². The first-order valence-electron chi connectivity index (χ1n) is 8.33. The van der Waals surface area contributed by atoms with E-state index < -0.39 is 0 Å². The van der Waals surface area contributed by atoms with E-state index in [1.807, 2.05) is 18.2 Å². The lowest BCUT2D eigenvalue weighted by molar-refractivity contribution is -0.127. The quantitative estimate of drug-likeness (QED) is 0.821. The Hall–Kier alpha value is -1.71. The van der Waals surface area contributed by atoms with E-state index in [1.165, 1.54) is 19.3 Å². The summed E-state index contributed by atoms with van der Waals surface area (Å²) < 4.78 is 6.02. The second kappa shape index (κ2) is 5.82. The number of carbonyl (C=O) groups is 1. The number of carbonyl (C=O) groups excluding carboxylic acids is 1. The summed E-state index contributed by atoms with van der Waals surface area (Å²) in [5, 5.41) is 3.25. The minimum Gasteiger partial charge on any atom is -0.487 e. The average Bonchev–Trinajstić information content (AvgIpc) is 2.48. The normalized spacial score (nSPS) is 24.2. The van der Waals surface area contributed by atoms with E-state index >= 15 is 0 Å². The van der Waals surface area contributed by atoms with E-state index in [2.05, 4.69) is 19.2 Å². The number of fused-ring (bicyclic) bond motifs is 1. The van der Waals surface area contributed by atoms with Gasteiger partial charge in [-0.05, 0) is 44.9 Å². The summed E-state index contributed by atoms with van der Waals surface area (Å²) in [4.78, 5) is 12.6. The van der Waals surface area contributed by atoms with E-state index in [0.29, 0.717) is 5.69 Å². The fourth-order valence-corrected chi connectivity index (χ4v) is 3.66. The third-order valence-electron chi connectivity index (χ3n) is 4.78. The van der Waals surface area contributed by atoms with Crippen LogP contribution in [0.5, 0.6) is 5.75 Å². The van der Waals surface area contributed by atoms with Crippen molar-refractivity contribution >= 4 is 11.6 Å². The highest BCUT2D eigenvalue weighted by atomic mass is 16.5. The number of hydrogen-bond donors (Lipinski definition) is 2. The molecule has 3 rings (SSSR count). The van der Waals surface area contributed by atoms with Gasteiger partial charge in [-0.3, -0.25) is 4.79 Å². The first-order chi connectivity index (χ1) is 10.4. The lowest BCUT2D eigenvalue weighted by Crippen LogP contribution is -2.43. The predicted octanol–water partition coefficient (Wildman–Crippen LogP) is 3.57. The molecule has 2 aliphatic rings. The van der Waals surface area contributed by atoms with Crippen LogP contribution in [-0.4, -0.2) is 11.5 Å². The second-order valence-corrected chi connectivity index (χ2v) is 7.26. The summed E-state index contributed by atoms with van der Waals surface area (Å²) in [7, 11) is 0. The highest BCUT2D eigenvalue weighted by Crippen LogP contribution is 2.40. The minimum absolute atomic E-state index is 0.0170. The molecule has 4 heteroatoms. The van der Waals surface area contributed by atoms with Gasteiger partial charge in [0.1, 0.15) is 11.4 Å². The first kappa shape index (κ1) is 15.2. The van der Waals surface area contributed by atoms with Crippen LogP contribution < -0.4 is 15.8 Å². The van der Waals surface area contributed by atoms with Crippen LogP contribution in [0.15, 0.2) is 18.2 Å². The Morgan fingerprint density at radius 2 is 2.00 bits per heavy atom. The van der Waals surface area contributed by atoms with E-state index in [9.17, 15) is 4.79 Å². The lowest BCUT2D eigenvalue weighted by Gasteiger charge is -2.38. The van der Waals surface area contributed by atoms with Crippen LogP contribution in [0.1, 0.15) is 64.0 Å². The van der Waals surface area contributed by atoms with Crippen LogP contribution in [0.3, 0.4) is 0 Å². The molecule has 1 heterocycles. The molecule has 0 spiro atoms. The Morgan fingerprint density at radius 3 is 2.73 bits per heavy atom. The molecule has 0 radical (unpaired) electrons. The van der Waals surface area contributed by atoms with Gasteiger partial charge in [0.15, 0.2) is 0 Å². The Balaban J connectivity index is 1.80. The van der Waals surface area contributed by atoms with Crippen molar-refractivity contribution in [3.63, 3.8) is 0 Å². The van der Waals surface area contributed by atoms with Gasteiger partial charge in [-0.2, -0.15) is 0 Å². The minimum atomic E-state index is -0.284. The number of rotatable bonds is 2. The molecule has 1 amide bonds. The highest BCUT2D eigenvalue weighted by molar-refractivity contribution is 5.79. The molecule has 1 atom stereocenters. The van der Waals surface area contributed by atoms with Crippen molar-refractivity contribution in [2.45, 2.75) is 64.0 Å². The van der Waals surface area contributed by atoms with Gasteiger partial charge in [-0.25, -0.2) is 0 Å². The molecule has 0 saturated heterocycles. The maximum Gasteiger partial charge on any atom is 0.223 e. The Kier molecular flexibility index (Phi) is 4.02. The third kappa shape index (κ3) is 3.21. The Bertz CT molecular complexity index is 562. The summed E-state index contributed by atoms with van der Waals surface area (Å²) in [6.45, 7) is 4.12. The molecule has 1 fully saturated rings. The van der Waals surface area contributed by atoms with Crippen molar-refractivity contribution in [2.75, 3.05) is 5.73 Å². The van der Waals surface area contributed by atoms with Crippen LogP contribution in [0.4, 0.5) is 5.69 Å². The molecule has 1 saturated carbocycles. The van der Waals surface area contributed by atoms with E-state index in [0.717, 1.165) is 30.6 Å². The van der Waals surface area contributed by atoms with Crippen molar-refractivity contribution in [3.05, 3.63) is 23.8 Å². The molecule has 120 valence electrons. The van der Waals surface area contributed by atoms with E-state index in [1.54, 1.807) is 0 Å². The topological polar surface area (TPSA) is 64.4 Å².